The van der Waals surface area contributed by atoms with Crippen LogP contribution in [0.15, 0.2) is 18.2 Å². The second-order valence-corrected chi connectivity index (χ2v) is 6.88. The van der Waals surface area contributed by atoms with Crippen LogP contribution >= 0.6 is 23.2 Å². The Morgan fingerprint density at radius 2 is 1.86 bits per heavy atom. The molecule has 1 N–H and O–H groups in total. The Labute approximate surface area is 140 Å². The molecular formula is C16H20Cl2N2O2. The van der Waals surface area contributed by atoms with E-state index in [9.17, 15) is 4.79 Å². The lowest BCUT2D eigenvalue weighted by atomic mass is 9.95. The number of amides is 2. The zero-order valence-corrected chi connectivity index (χ0v) is 14.0. The first-order valence-corrected chi connectivity index (χ1v) is 8.34. The Hall–Kier alpha value is -0.970. The van der Waals surface area contributed by atoms with E-state index in [0.717, 1.165) is 31.5 Å². The van der Waals surface area contributed by atoms with Crippen molar-refractivity contribution < 1.29 is 9.53 Å². The molecule has 3 atom stereocenters. The number of hydrogen-bond acceptors (Lipinski definition) is 2. The fourth-order valence-electron chi connectivity index (χ4n) is 3.70. The molecule has 0 spiro atoms. The number of ether oxygens (including phenoxy) is 1. The number of fused-ring (bicyclic) bond motifs is 2. The van der Waals surface area contributed by atoms with Gasteiger partial charge in [0.25, 0.3) is 0 Å². The van der Waals surface area contributed by atoms with Crippen molar-refractivity contribution in [2.45, 2.75) is 25.5 Å². The van der Waals surface area contributed by atoms with Crippen LogP contribution in [0.2, 0.25) is 10.0 Å². The summed E-state index contributed by atoms with van der Waals surface area (Å²) < 4.78 is 5.57. The SMILES string of the molecule is COC1[C@@H]2CC[C@H]1CN(C(=O)NCc1c(Cl)cccc1Cl)C2. The van der Waals surface area contributed by atoms with Crippen LogP contribution in [0.25, 0.3) is 0 Å². The molecule has 1 aromatic rings. The van der Waals surface area contributed by atoms with E-state index in [0.29, 0.717) is 34.5 Å². The lowest BCUT2D eigenvalue weighted by Crippen LogP contribution is -2.51. The highest BCUT2D eigenvalue weighted by Crippen LogP contribution is 2.38. The van der Waals surface area contributed by atoms with Gasteiger partial charge in [-0.2, -0.15) is 0 Å². The molecule has 1 aliphatic heterocycles. The summed E-state index contributed by atoms with van der Waals surface area (Å²) in [5.74, 6) is 0.914. The third kappa shape index (κ3) is 3.05. The van der Waals surface area contributed by atoms with E-state index in [1.165, 1.54) is 0 Å². The summed E-state index contributed by atoms with van der Waals surface area (Å²) in [6.45, 7) is 1.87. The number of urea groups is 1. The minimum atomic E-state index is -0.0533. The van der Waals surface area contributed by atoms with Crippen molar-refractivity contribution in [3.63, 3.8) is 0 Å². The second-order valence-electron chi connectivity index (χ2n) is 6.06. The molecule has 1 saturated heterocycles. The molecule has 1 unspecified atom stereocenters. The quantitative estimate of drug-likeness (QED) is 0.912. The van der Waals surface area contributed by atoms with E-state index in [1.807, 2.05) is 4.90 Å². The molecule has 1 saturated carbocycles. The first kappa shape index (κ1) is 15.9. The van der Waals surface area contributed by atoms with Crippen LogP contribution in [0.5, 0.6) is 0 Å². The van der Waals surface area contributed by atoms with Gasteiger partial charge in [-0.05, 0) is 25.0 Å². The van der Waals surface area contributed by atoms with Gasteiger partial charge in [-0.15, -0.1) is 0 Å². The van der Waals surface area contributed by atoms with Crippen molar-refractivity contribution in [3.05, 3.63) is 33.8 Å². The normalized spacial score (nSPS) is 27.0. The summed E-state index contributed by atoms with van der Waals surface area (Å²) in [4.78, 5) is 14.3. The summed E-state index contributed by atoms with van der Waals surface area (Å²) in [6, 6.07) is 5.30. The Bertz CT molecular complexity index is 533. The van der Waals surface area contributed by atoms with Crippen LogP contribution in [0.3, 0.4) is 0 Å². The number of hydrogen-bond donors (Lipinski definition) is 1. The van der Waals surface area contributed by atoms with Gasteiger partial charge in [0.15, 0.2) is 0 Å². The molecule has 6 heteroatoms. The maximum absolute atomic E-state index is 12.4. The summed E-state index contributed by atoms with van der Waals surface area (Å²) in [5, 5.41) is 4.08. The van der Waals surface area contributed by atoms with Gasteiger partial charge in [-0.25, -0.2) is 4.79 Å². The van der Waals surface area contributed by atoms with Crippen LogP contribution in [0.1, 0.15) is 18.4 Å². The molecule has 2 amide bonds. The van der Waals surface area contributed by atoms with E-state index in [-0.39, 0.29) is 6.03 Å². The van der Waals surface area contributed by atoms with Gasteiger partial charge in [-0.1, -0.05) is 29.3 Å². The zero-order valence-electron chi connectivity index (χ0n) is 12.5. The highest BCUT2D eigenvalue weighted by Gasteiger charge is 2.43. The highest BCUT2D eigenvalue weighted by atomic mass is 35.5. The number of methoxy groups -OCH3 is 1. The Morgan fingerprint density at radius 1 is 1.27 bits per heavy atom. The highest BCUT2D eigenvalue weighted by molar-refractivity contribution is 6.36. The molecule has 22 heavy (non-hydrogen) atoms. The molecule has 2 bridgehead atoms. The zero-order chi connectivity index (χ0) is 15.7. The minimum Gasteiger partial charge on any atom is -0.381 e. The van der Waals surface area contributed by atoms with Gasteiger partial charge in [0, 0.05) is 54.2 Å². The van der Waals surface area contributed by atoms with E-state index in [1.54, 1.807) is 25.3 Å². The summed E-state index contributed by atoms with van der Waals surface area (Å²) in [6.07, 6.45) is 2.59. The van der Waals surface area contributed by atoms with Crippen LogP contribution in [0, 0.1) is 11.8 Å². The van der Waals surface area contributed by atoms with Crippen molar-refractivity contribution in [1.29, 1.82) is 0 Å². The first-order valence-electron chi connectivity index (χ1n) is 7.58. The van der Waals surface area contributed by atoms with Gasteiger partial charge < -0.3 is 15.0 Å². The number of nitrogens with zero attached hydrogens (tertiary/aromatic N) is 1. The molecule has 120 valence electrons. The summed E-state index contributed by atoms with van der Waals surface area (Å²) in [5.41, 5.74) is 0.758. The van der Waals surface area contributed by atoms with Crippen molar-refractivity contribution in [2.75, 3.05) is 20.2 Å². The largest absolute Gasteiger partial charge is 0.381 e. The van der Waals surface area contributed by atoms with Crippen molar-refractivity contribution in [3.8, 4) is 0 Å². The van der Waals surface area contributed by atoms with Gasteiger partial charge in [0.1, 0.15) is 0 Å². The number of carbonyl (C=O) groups is 1. The average molecular weight is 343 g/mol. The van der Waals surface area contributed by atoms with E-state index in [2.05, 4.69) is 5.32 Å². The number of benzene rings is 1. The molecule has 1 heterocycles. The minimum absolute atomic E-state index is 0.0533. The smallest absolute Gasteiger partial charge is 0.317 e. The number of carbonyl (C=O) groups excluding carboxylic acids is 1. The number of likely N-dealkylation sites (tertiary alicyclic amines) is 1. The fraction of sp³-hybridized carbons (Fsp3) is 0.562. The van der Waals surface area contributed by atoms with Crippen LogP contribution < -0.4 is 5.32 Å². The number of nitrogens with one attached hydrogen (secondary N) is 1. The Balaban J connectivity index is 1.59. The monoisotopic (exact) mass is 342 g/mol. The van der Waals surface area contributed by atoms with Gasteiger partial charge in [-0.3, -0.25) is 0 Å². The molecule has 1 aromatic carbocycles. The predicted molar refractivity (Wildman–Crippen MR) is 87.3 cm³/mol. The molecule has 1 aliphatic carbocycles. The maximum atomic E-state index is 12.4. The van der Waals surface area contributed by atoms with Crippen molar-refractivity contribution in [1.82, 2.24) is 10.2 Å². The first-order chi connectivity index (χ1) is 10.6. The van der Waals surface area contributed by atoms with E-state index in [4.69, 9.17) is 27.9 Å². The molecule has 2 aliphatic rings. The van der Waals surface area contributed by atoms with Crippen LogP contribution in [0.4, 0.5) is 4.79 Å². The number of halogens is 2. The van der Waals surface area contributed by atoms with Crippen molar-refractivity contribution >= 4 is 29.2 Å². The average Bonchev–Trinajstić information content (AvgIpc) is 2.74. The van der Waals surface area contributed by atoms with Gasteiger partial charge in [0.05, 0.1) is 6.10 Å². The third-order valence-corrected chi connectivity index (χ3v) is 5.49. The van der Waals surface area contributed by atoms with E-state index < -0.39 is 0 Å². The molecule has 3 rings (SSSR count). The molecule has 0 radical (unpaired) electrons. The Kier molecular flexibility index (Phi) is 4.81. The van der Waals surface area contributed by atoms with Gasteiger partial charge in [0.2, 0.25) is 0 Å². The number of piperidine rings is 1. The Morgan fingerprint density at radius 3 is 2.41 bits per heavy atom. The van der Waals surface area contributed by atoms with E-state index >= 15 is 0 Å². The number of rotatable bonds is 3. The maximum Gasteiger partial charge on any atom is 0.317 e. The predicted octanol–water partition coefficient (Wildman–Crippen LogP) is 3.56. The van der Waals surface area contributed by atoms with Crippen LogP contribution in [-0.2, 0) is 11.3 Å². The fourth-order valence-corrected chi connectivity index (χ4v) is 4.23. The standard InChI is InChI=1S/C16H20Cl2N2O2/c1-22-15-10-5-6-11(15)9-20(8-10)16(21)19-7-12-13(17)3-2-4-14(12)18/h2-4,10-11,15H,5-9H2,1H3,(H,19,21)/t10-,11+,15?. The van der Waals surface area contributed by atoms with Crippen LogP contribution in [-0.4, -0.2) is 37.2 Å². The molecule has 4 nitrogen and oxygen atoms in total. The summed E-state index contributed by atoms with van der Waals surface area (Å²) in [7, 11) is 1.77. The second kappa shape index (κ2) is 6.65. The molecule has 2 fully saturated rings. The summed E-state index contributed by atoms with van der Waals surface area (Å²) >= 11 is 12.3. The lowest BCUT2D eigenvalue weighted by molar-refractivity contribution is -0.00509. The molecular weight excluding hydrogens is 323 g/mol. The van der Waals surface area contributed by atoms with Crippen molar-refractivity contribution in [2.24, 2.45) is 11.8 Å². The topological polar surface area (TPSA) is 41.6 Å². The third-order valence-electron chi connectivity index (χ3n) is 4.78. The molecule has 0 aromatic heterocycles. The van der Waals surface area contributed by atoms with Gasteiger partial charge >= 0.3 is 6.03 Å². The lowest BCUT2D eigenvalue weighted by Gasteiger charge is -2.37.